The van der Waals surface area contributed by atoms with Crippen molar-refractivity contribution in [2.45, 2.75) is 20.3 Å². The van der Waals surface area contributed by atoms with Crippen molar-refractivity contribution in [2.24, 2.45) is 17.8 Å². The molecule has 1 saturated heterocycles. The largest absolute Gasteiger partial charge is 0.396 e. The van der Waals surface area contributed by atoms with Gasteiger partial charge in [-0.3, -0.25) is 0 Å². The Balaban J connectivity index is 2.44. The van der Waals surface area contributed by atoms with Gasteiger partial charge in [0.25, 0.3) is 0 Å². The summed E-state index contributed by atoms with van der Waals surface area (Å²) in [7, 11) is 0. The molecule has 66 valence electrons. The first-order valence-corrected chi connectivity index (χ1v) is 4.57. The molecule has 1 aliphatic rings. The molecular formula is C9H19NO. The number of piperidine rings is 1. The second kappa shape index (κ2) is 4.07. The first-order valence-electron chi connectivity index (χ1n) is 4.57. The fourth-order valence-electron chi connectivity index (χ4n) is 2.02. The van der Waals surface area contributed by atoms with Gasteiger partial charge in [-0.15, -0.1) is 0 Å². The number of nitrogens with one attached hydrogen (secondary N) is 1. The van der Waals surface area contributed by atoms with E-state index in [1.54, 1.807) is 0 Å². The average Bonchev–Trinajstić information content (AvgIpc) is 2.04. The second-order valence-electron chi connectivity index (χ2n) is 3.84. The molecule has 0 aromatic carbocycles. The maximum atomic E-state index is 9.07. The van der Waals surface area contributed by atoms with Gasteiger partial charge in [-0.2, -0.15) is 0 Å². The predicted octanol–water partition coefficient (Wildman–Crippen LogP) is 0.860. The lowest BCUT2D eigenvalue weighted by molar-refractivity contribution is 0.117. The summed E-state index contributed by atoms with van der Waals surface area (Å²) < 4.78 is 0. The summed E-state index contributed by atoms with van der Waals surface area (Å²) in [6.07, 6.45) is 1.23. The molecule has 2 atom stereocenters. The summed E-state index contributed by atoms with van der Waals surface area (Å²) in [6.45, 7) is 6.96. The molecule has 0 spiro atoms. The third-order valence-corrected chi connectivity index (χ3v) is 2.76. The molecule has 0 radical (unpaired) electrons. The van der Waals surface area contributed by atoms with Gasteiger partial charge in [0, 0.05) is 13.2 Å². The van der Waals surface area contributed by atoms with E-state index in [9.17, 15) is 0 Å². The van der Waals surface area contributed by atoms with Gasteiger partial charge in [0.15, 0.2) is 0 Å². The number of hydrogen-bond acceptors (Lipinski definition) is 2. The van der Waals surface area contributed by atoms with E-state index < -0.39 is 0 Å². The van der Waals surface area contributed by atoms with Crippen molar-refractivity contribution in [3.05, 3.63) is 0 Å². The summed E-state index contributed by atoms with van der Waals surface area (Å²) >= 11 is 0. The summed E-state index contributed by atoms with van der Waals surface area (Å²) in [5.41, 5.74) is 0. The predicted molar refractivity (Wildman–Crippen MR) is 46.4 cm³/mol. The lowest BCUT2D eigenvalue weighted by atomic mass is 9.79. The van der Waals surface area contributed by atoms with Gasteiger partial charge in [-0.05, 0) is 30.7 Å². The number of hydrogen-bond donors (Lipinski definition) is 2. The van der Waals surface area contributed by atoms with Crippen LogP contribution in [0.5, 0.6) is 0 Å². The third-order valence-electron chi connectivity index (χ3n) is 2.76. The van der Waals surface area contributed by atoms with Crippen LogP contribution < -0.4 is 5.32 Å². The quantitative estimate of drug-likeness (QED) is 0.623. The van der Waals surface area contributed by atoms with E-state index in [2.05, 4.69) is 19.2 Å². The van der Waals surface area contributed by atoms with Crippen molar-refractivity contribution in [3.8, 4) is 0 Å². The molecule has 2 heteroatoms. The van der Waals surface area contributed by atoms with Gasteiger partial charge in [0.1, 0.15) is 0 Å². The normalized spacial score (nSPS) is 32.7. The van der Waals surface area contributed by atoms with Gasteiger partial charge >= 0.3 is 0 Å². The molecule has 0 saturated carbocycles. The molecule has 0 aromatic heterocycles. The molecule has 2 unspecified atom stereocenters. The van der Waals surface area contributed by atoms with Crippen molar-refractivity contribution < 1.29 is 5.11 Å². The Morgan fingerprint density at radius 1 is 1.55 bits per heavy atom. The van der Waals surface area contributed by atoms with E-state index in [-0.39, 0.29) is 0 Å². The van der Waals surface area contributed by atoms with Crippen LogP contribution in [-0.2, 0) is 0 Å². The summed E-state index contributed by atoms with van der Waals surface area (Å²) in [6, 6.07) is 0. The molecule has 1 fully saturated rings. The topological polar surface area (TPSA) is 32.3 Å². The van der Waals surface area contributed by atoms with Crippen LogP contribution >= 0.6 is 0 Å². The highest BCUT2D eigenvalue weighted by Crippen LogP contribution is 2.25. The minimum atomic E-state index is 0.343. The first kappa shape index (κ1) is 9.01. The van der Waals surface area contributed by atoms with E-state index >= 15 is 0 Å². The maximum Gasteiger partial charge on any atom is 0.0474 e. The molecule has 0 aliphatic carbocycles. The lowest BCUT2D eigenvalue weighted by Crippen LogP contribution is -2.40. The fraction of sp³-hybridized carbons (Fsp3) is 1.00. The Morgan fingerprint density at radius 3 is 2.73 bits per heavy atom. The summed E-state index contributed by atoms with van der Waals surface area (Å²) in [4.78, 5) is 0. The molecule has 1 rings (SSSR count). The highest BCUT2D eigenvalue weighted by atomic mass is 16.3. The van der Waals surface area contributed by atoms with Crippen molar-refractivity contribution >= 4 is 0 Å². The van der Waals surface area contributed by atoms with E-state index in [0.717, 1.165) is 19.0 Å². The monoisotopic (exact) mass is 157 g/mol. The van der Waals surface area contributed by atoms with Crippen molar-refractivity contribution in [3.63, 3.8) is 0 Å². The van der Waals surface area contributed by atoms with Gasteiger partial charge in [0.2, 0.25) is 0 Å². The molecule has 0 amide bonds. The Hall–Kier alpha value is -0.0800. The van der Waals surface area contributed by atoms with Crippen LogP contribution in [0.4, 0.5) is 0 Å². The molecule has 1 heterocycles. The van der Waals surface area contributed by atoms with Crippen molar-refractivity contribution in [1.29, 1.82) is 0 Å². The van der Waals surface area contributed by atoms with E-state index in [0.29, 0.717) is 18.4 Å². The minimum absolute atomic E-state index is 0.343. The van der Waals surface area contributed by atoms with Crippen LogP contribution in [0.25, 0.3) is 0 Å². The zero-order valence-electron chi connectivity index (χ0n) is 7.51. The van der Waals surface area contributed by atoms with Crippen molar-refractivity contribution in [2.75, 3.05) is 19.7 Å². The van der Waals surface area contributed by atoms with Gasteiger partial charge in [-0.1, -0.05) is 13.8 Å². The minimum Gasteiger partial charge on any atom is -0.396 e. The molecule has 2 N–H and O–H groups in total. The van der Waals surface area contributed by atoms with Crippen molar-refractivity contribution in [1.82, 2.24) is 5.32 Å². The highest BCUT2D eigenvalue weighted by molar-refractivity contribution is 4.79. The van der Waals surface area contributed by atoms with Crippen LogP contribution in [0.1, 0.15) is 20.3 Å². The Morgan fingerprint density at radius 2 is 2.27 bits per heavy atom. The Kier molecular flexibility index (Phi) is 3.34. The third kappa shape index (κ3) is 2.17. The zero-order chi connectivity index (χ0) is 8.27. The molecular weight excluding hydrogens is 138 g/mol. The molecule has 0 bridgehead atoms. The zero-order valence-corrected chi connectivity index (χ0v) is 7.51. The number of aliphatic hydroxyl groups is 1. The number of aliphatic hydroxyl groups excluding tert-OH is 1. The number of rotatable bonds is 2. The average molecular weight is 157 g/mol. The van der Waals surface area contributed by atoms with Crippen LogP contribution in [0.2, 0.25) is 0 Å². The smallest absolute Gasteiger partial charge is 0.0474 e. The summed E-state index contributed by atoms with van der Waals surface area (Å²) in [5.74, 6) is 1.93. The molecule has 1 aliphatic heterocycles. The van der Waals surface area contributed by atoms with E-state index in [1.165, 1.54) is 6.42 Å². The maximum absolute atomic E-state index is 9.07. The Labute approximate surface area is 69.0 Å². The van der Waals surface area contributed by atoms with Gasteiger partial charge in [0.05, 0.1) is 0 Å². The van der Waals surface area contributed by atoms with Gasteiger partial charge in [-0.25, -0.2) is 0 Å². The molecule has 11 heavy (non-hydrogen) atoms. The lowest BCUT2D eigenvalue weighted by Gasteiger charge is -2.33. The standard InChI is InChI=1S/C9H19NO/c1-7(2)9-3-4-10-5-8(9)6-11/h7-11H,3-6H2,1-2H3. The summed E-state index contributed by atoms with van der Waals surface area (Å²) in [5, 5.41) is 12.4. The van der Waals surface area contributed by atoms with E-state index in [1.807, 2.05) is 0 Å². The SMILES string of the molecule is CC(C)C1CCNCC1CO. The van der Waals surface area contributed by atoms with Crippen LogP contribution in [0.15, 0.2) is 0 Å². The van der Waals surface area contributed by atoms with Crippen LogP contribution in [0.3, 0.4) is 0 Å². The first-order chi connectivity index (χ1) is 5.25. The van der Waals surface area contributed by atoms with Crippen LogP contribution in [-0.4, -0.2) is 24.8 Å². The van der Waals surface area contributed by atoms with Crippen LogP contribution in [0, 0.1) is 17.8 Å². The second-order valence-corrected chi connectivity index (χ2v) is 3.84. The Bertz CT molecular complexity index is 114. The van der Waals surface area contributed by atoms with Gasteiger partial charge < -0.3 is 10.4 Å². The van der Waals surface area contributed by atoms with E-state index in [4.69, 9.17) is 5.11 Å². The highest BCUT2D eigenvalue weighted by Gasteiger charge is 2.26. The molecule has 2 nitrogen and oxygen atoms in total. The fourth-order valence-corrected chi connectivity index (χ4v) is 2.02. The molecule has 0 aromatic rings.